The quantitative estimate of drug-likeness (QED) is 0.149. The highest BCUT2D eigenvalue weighted by atomic mass is 19.4. The summed E-state index contributed by atoms with van der Waals surface area (Å²) in [4.78, 5) is 49.0. The number of ketones is 1. The molecule has 4 fully saturated rings. The zero-order valence-electron chi connectivity index (χ0n) is 27.0. The summed E-state index contributed by atoms with van der Waals surface area (Å²) >= 11 is 0. The van der Waals surface area contributed by atoms with Crippen LogP contribution in [-0.2, 0) is 33.4 Å². The molecule has 0 saturated heterocycles. The SMILES string of the molecule is C[C@H](CCC(=O)OC(C(F)(F)F)C(F)(F)F)[C@H]1CC[C@H]2[C@@H]3[C@H](OC(=O)C(F)(F)F)C[C@@H]4CC(=O)CC[C@]4(C)[C@H]3C[C@H](OC(=O)C(F)(F)F)[C@]12C. The van der Waals surface area contributed by atoms with Crippen molar-refractivity contribution in [2.45, 2.75) is 122 Å². The van der Waals surface area contributed by atoms with Gasteiger partial charge in [-0.05, 0) is 73.5 Å². The standard InChI is InChI=1S/C31H36F12O7/c1-13(4-7-21(45)50-23(28(32,33)34)29(35,36)37)16-5-6-17-22-18(12-20(27(16,17)3)49-25(47)31(41,42)43)26(2)9-8-15(44)10-14(26)11-19(22)48-24(46)30(38,39)40/h13-14,16-20,22-23H,4-12H2,1-3H3/t13-,14+,16-,17+,18+,19-,20+,22+,26+,27-/m1/s1. The number of alkyl halides is 12. The zero-order valence-corrected chi connectivity index (χ0v) is 27.0. The minimum absolute atomic E-state index is 0.0754. The van der Waals surface area contributed by atoms with Gasteiger partial charge in [0, 0.05) is 30.6 Å². The van der Waals surface area contributed by atoms with E-state index in [1.165, 1.54) is 13.8 Å². The highest BCUT2D eigenvalue weighted by molar-refractivity contribution is 5.80. The van der Waals surface area contributed by atoms with Crippen LogP contribution in [0.5, 0.6) is 0 Å². The Morgan fingerprint density at radius 3 is 1.92 bits per heavy atom. The lowest BCUT2D eigenvalue weighted by Gasteiger charge is -2.63. The van der Waals surface area contributed by atoms with Gasteiger partial charge in [-0.2, -0.15) is 52.7 Å². The zero-order chi connectivity index (χ0) is 38.0. The Morgan fingerprint density at radius 2 is 1.38 bits per heavy atom. The van der Waals surface area contributed by atoms with Crippen molar-refractivity contribution in [1.82, 2.24) is 0 Å². The number of hydrogen-bond acceptors (Lipinski definition) is 7. The Hall–Kier alpha value is -2.76. The second kappa shape index (κ2) is 13.3. The first-order valence-electron chi connectivity index (χ1n) is 16.0. The molecule has 4 aliphatic carbocycles. The molecule has 0 N–H and O–H groups in total. The molecule has 0 unspecified atom stereocenters. The van der Waals surface area contributed by atoms with E-state index in [1.54, 1.807) is 6.92 Å². The van der Waals surface area contributed by atoms with Crippen LogP contribution in [0.25, 0.3) is 0 Å². The summed E-state index contributed by atoms with van der Waals surface area (Å²) in [5.41, 5.74) is -2.34. The number of fused-ring (bicyclic) bond motifs is 5. The Labute approximate surface area is 278 Å². The van der Waals surface area contributed by atoms with Crippen LogP contribution in [0.4, 0.5) is 52.7 Å². The average molecular weight is 749 g/mol. The lowest BCUT2D eigenvalue weighted by Crippen LogP contribution is -2.63. The fraction of sp³-hybridized carbons (Fsp3) is 0.871. The van der Waals surface area contributed by atoms with Crippen molar-refractivity contribution in [3.63, 3.8) is 0 Å². The van der Waals surface area contributed by atoms with Crippen LogP contribution < -0.4 is 0 Å². The molecule has 0 amide bonds. The normalized spacial score (nSPS) is 35.4. The lowest BCUT2D eigenvalue weighted by molar-refractivity contribution is -0.313. The molecule has 19 heteroatoms. The molecule has 4 saturated carbocycles. The van der Waals surface area contributed by atoms with E-state index in [0.29, 0.717) is 0 Å². The number of carbonyl (C=O) groups is 4. The Bertz CT molecular complexity index is 1310. The second-order valence-electron chi connectivity index (χ2n) is 14.6. The minimum atomic E-state index is -5.97. The van der Waals surface area contributed by atoms with Crippen LogP contribution in [0.2, 0.25) is 0 Å². The molecule has 0 spiro atoms. The van der Waals surface area contributed by atoms with Gasteiger partial charge in [-0.1, -0.05) is 20.8 Å². The summed E-state index contributed by atoms with van der Waals surface area (Å²) < 4.78 is 172. The van der Waals surface area contributed by atoms with E-state index in [9.17, 15) is 71.9 Å². The average Bonchev–Trinajstić information content (AvgIpc) is 3.31. The molecule has 4 aliphatic rings. The van der Waals surface area contributed by atoms with Crippen LogP contribution >= 0.6 is 0 Å². The minimum Gasteiger partial charge on any atom is -0.455 e. The van der Waals surface area contributed by atoms with Crippen LogP contribution in [0.15, 0.2) is 0 Å². The molecule has 10 atom stereocenters. The molecule has 0 aromatic rings. The van der Waals surface area contributed by atoms with Gasteiger partial charge in [-0.3, -0.25) is 9.59 Å². The summed E-state index contributed by atoms with van der Waals surface area (Å²) in [6.45, 7) is 4.64. The van der Waals surface area contributed by atoms with E-state index < -0.39 is 120 Å². The van der Waals surface area contributed by atoms with Crippen molar-refractivity contribution in [1.29, 1.82) is 0 Å². The molecule has 0 aromatic carbocycles. The van der Waals surface area contributed by atoms with Gasteiger partial charge in [0.1, 0.15) is 18.0 Å². The van der Waals surface area contributed by atoms with Gasteiger partial charge in [0.2, 0.25) is 0 Å². The third-order valence-electron chi connectivity index (χ3n) is 11.9. The fourth-order valence-electron chi connectivity index (χ4n) is 9.65. The third kappa shape index (κ3) is 7.70. The maximum absolute atomic E-state index is 13.6. The van der Waals surface area contributed by atoms with Crippen molar-refractivity contribution in [2.75, 3.05) is 0 Å². The summed E-state index contributed by atoms with van der Waals surface area (Å²) in [6, 6.07) is 0. The van der Waals surface area contributed by atoms with Gasteiger partial charge >= 0.3 is 42.6 Å². The predicted molar refractivity (Wildman–Crippen MR) is 143 cm³/mol. The van der Waals surface area contributed by atoms with E-state index in [0.717, 1.165) is 0 Å². The third-order valence-corrected chi connectivity index (χ3v) is 11.9. The molecule has 7 nitrogen and oxygen atoms in total. The number of halogens is 12. The number of hydrogen-bond donors (Lipinski definition) is 0. The first-order valence-corrected chi connectivity index (χ1v) is 16.0. The maximum Gasteiger partial charge on any atom is 0.490 e. The Morgan fingerprint density at radius 1 is 0.820 bits per heavy atom. The first kappa shape index (κ1) is 40.0. The topological polar surface area (TPSA) is 96.0 Å². The molecule has 0 aliphatic heterocycles. The molecule has 0 radical (unpaired) electrons. The smallest absolute Gasteiger partial charge is 0.455 e. The number of esters is 3. The van der Waals surface area contributed by atoms with Gasteiger partial charge in [0.15, 0.2) is 0 Å². The van der Waals surface area contributed by atoms with E-state index in [1.807, 2.05) is 0 Å². The van der Waals surface area contributed by atoms with E-state index >= 15 is 0 Å². The summed E-state index contributed by atoms with van der Waals surface area (Å²) in [6.07, 6.45) is -31.6. The number of ether oxygens (including phenoxy) is 3. The molecule has 50 heavy (non-hydrogen) atoms. The largest absolute Gasteiger partial charge is 0.490 e. The number of rotatable bonds is 7. The van der Waals surface area contributed by atoms with Crippen molar-refractivity contribution < 1.29 is 86.1 Å². The van der Waals surface area contributed by atoms with Gasteiger partial charge in [0.05, 0.1) is 0 Å². The Balaban J connectivity index is 1.69. The molecular weight excluding hydrogens is 712 g/mol. The predicted octanol–water partition coefficient (Wildman–Crippen LogP) is 7.84. The monoisotopic (exact) mass is 748 g/mol. The fourth-order valence-corrected chi connectivity index (χ4v) is 9.65. The summed E-state index contributed by atoms with van der Waals surface area (Å²) in [7, 11) is 0. The molecular formula is C31H36F12O7. The first-order chi connectivity index (χ1) is 22.6. The van der Waals surface area contributed by atoms with Gasteiger partial charge in [-0.25, -0.2) is 9.59 Å². The van der Waals surface area contributed by atoms with Crippen LogP contribution in [-0.4, -0.2) is 66.7 Å². The molecule has 0 heterocycles. The highest BCUT2D eigenvalue weighted by Crippen LogP contribution is 2.69. The van der Waals surface area contributed by atoms with Crippen molar-refractivity contribution in [3.05, 3.63) is 0 Å². The molecule has 4 rings (SSSR count). The molecule has 0 aromatic heterocycles. The Kier molecular flexibility index (Phi) is 10.7. The molecule has 286 valence electrons. The van der Waals surface area contributed by atoms with Gasteiger partial charge < -0.3 is 14.2 Å². The van der Waals surface area contributed by atoms with E-state index in [2.05, 4.69) is 4.74 Å². The highest BCUT2D eigenvalue weighted by Gasteiger charge is 2.68. The summed E-state index contributed by atoms with van der Waals surface area (Å²) in [5.74, 6) is -11.9. The van der Waals surface area contributed by atoms with Crippen molar-refractivity contribution >= 4 is 23.7 Å². The lowest BCUT2D eigenvalue weighted by atomic mass is 9.43. The summed E-state index contributed by atoms with van der Waals surface area (Å²) in [5, 5.41) is 0. The second-order valence-corrected chi connectivity index (χ2v) is 14.6. The van der Waals surface area contributed by atoms with Crippen LogP contribution in [0.1, 0.15) is 78.6 Å². The maximum atomic E-state index is 13.6. The van der Waals surface area contributed by atoms with Crippen molar-refractivity contribution in [3.8, 4) is 0 Å². The van der Waals surface area contributed by atoms with Crippen LogP contribution in [0.3, 0.4) is 0 Å². The van der Waals surface area contributed by atoms with E-state index in [-0.39, 0.29) is 50.7 Å². The molecule has 0 bridgehead atoms. The number of Topliss-reactive ketones (excluding diaryl/α,β-unsaturated/α-hetero) is 1. The number of carbonyl (C=O) groups excluding carboxylic acids is 4. The van der Waals surface area contributed by atoms with Crippen LogP contribution in [0, 0.1) is 46.3 Å². The van der Waals surface area contributed by atoms with Gasteiger partial charge in [-0.15, -0.1) is 0 Å². The van der Waals surface area contributed by atoms with E-state index in [4.69, 9.17) is 9.47 Å². The van der Waals surface area contributed by atoms with Gasteiger partial charge in [0.25, 0.3) is 6.10 Å². The van der Waals surface area contributed by atoms with Crippen molar-refractivity contribution in [2.24, 2.45) is 46.3 Å².